The van der Waals surface area contributed by atoms with Gasteiger partial charge in [-0.05, 0) is 54.1 Å². The molecule has 154 valence electrons. The first-order chi connectivity index (χ1) is 14.7. The van der Waals surface area contributed by atoms with Gasteiger partial charge in [-0.1, -0.05) is 24.3 Å². The Morgan fingerprint density at radius 3 is 2.40 bits per heavy atom. The van der Waals surface area contributed by atoms with Crippen molar-refractivity contribution in [3.05, 3.63) is 89.7 Å². The van der Waals surface area contributed by atoms with Gasteiger partial charge in [0.1, 0.15) is 18.2 Å². The summed E-state index contributed by atoms with van der Waals surface area (Å²) in [4.78, 5) is 15.1. The van der Waals surface area contributed by atoms with E-state index in [4.69, 9.17) is 9.47 Å². The molecule has 5 nitrogen and oxygen atoms in total. The lowest BCUT2D eigenvalue weighted by Crippen LogP contribution is -2.36. The molecule has 6 heteroatoms. The van der Waals surface area contributed by atoms with Gasteiger partial charge in [0.2, 0.25) is 0 Å². The molecule has 1 saturated heterocycles. The van der Waals surface area contributed by atoms with Gasteiger partial charge in [-0.25, -0.2) is 4.39 Å². The molecule has 3 aromatic carbocycles. The van der Waals surface area contributed by atoms with Gasteiger partial charge in [-0.15, -0.1) is 0 Å². The SMILES string of the molecule is O=C(Nc1ccc(N2CCOCC2)cc1)c1ccccc1OCc1ccc(F)cc1. The lowest BCUT2D eigenvalue weighted by Gasteiger charge is -2.28. The van der Waals surface area contributed by atoms with Crippen molar-refractivity contribution in [2.24, 2.45) is 0 Å². The number of amides is 1. The number of anilines is 2. The summed E-state index contributed by atoms with van der Waals surface area (Å²) in [6, 6.07) is 21.0. The van der Waals surface area contributed by atoms with Crippen LogP contribution >= 0.6 is 0 Å². The Balaban J connectivity index is 1.41. The van der Waals surface area contributed by atoms with Crippen LogP contribution in [0.3, 0.4) is 0 Å². The summed E-state index contributed by atoms with van der Waals surface area (Å²) in [5.74, 6) is -0.0637. The Bertz CT molecular complexity index is 984. The summed E-state index contributed by atoms with van der Waals surface area (Å²) in [6.45, 7) is 3.44. The number of hydrogen-bond donors (Lipinski definition) is 1. The van der Waals surface area contributed by atoms with E-state index in [9.17, 15) is 9.18 Å². The maximum absolute atomic E-state index is 13.1. The molecule has 1 fully saturated rings. The maximum atomic E-state index is 13.1. The van der Waals surface area contributed by atoms with Crippen LogP contribution in [0.25, 0.3) is 0 Å². The van der Waals surface area contributed by atoms with Crippen molar-refractivity contribution in [1.29, 1.82) is 0 Å². The minimum Gasteiger partial charge on any atom is -0.488 e. The predicted molar refractivity (Wildman–Crippen MR) is 115 cm³/mol. The molecule has 30 heavy (non-hydrogen) atoms. The molecule has 0 aromatic heterocycles. The lowest BCUT2D eigenvalue weighted by atomic mass is 10.1. The average molecular weight is 406 g/mol. The number of carbonyl (C=O) groups excluding carboxylic acids is 1. The van der Waals surface area contributed by atoms with Gasteiger partial charge in [0.15, 0.2) is 0 Å². The average Bonchev–Trinajstić information content (AvgIpc) is 2.80. The zero-order valence-electron chi connectivity index (χ0n) is 16.5. The predicted octanol–water partition coefficient (Wildman–Crippen LogP) is 4.49. The normalized spacial score (nSPS) is 13.7. The number of benzene rings is 3. The second-order valence-corrected chi connectivity index (χ2v) is 7.01. The molecule has 1 amide bonds. The molecule has 4 rings (SSSR count). The van der Waals surface area contributed by atoms with E-state index >= 15 is 0 Å². The number of hydrogen-bond acceptors (Lipinski definition) is 4. The van der Waals surface area contributed by atoms with Gasteiger partial charge < -0.3 is 19.7 Å². The summed E-state index contributed by atoms with van der Waals surface area (Å²) < 4.78 is 24.3. The molecule has 0 atom stereocenters. The van der Waals surface area contributed by atoms with Crippen LogP contribution in [0.15, 0.2) is 72.8 Å². The Hall–Kier alpha value is -3.38. The van der Waals surface area contributed by atoms with Crippen LogP contribution in [0, 0.1) is 5.82 Å². The topological polar surface area (TPSA) is 50.8 Å². The number of carbonyl (C=O) groups is 1. The van der Waals surface area contributed by atoms with Crippen LogP contribution in [0.4, 0.5) is 15.8 Å². The third kappa shape index (κ3) is 4.96. The summed E-state index contributed by atoms with van der Waals surface area (Å²) in [5, 5.41) is 2.92. The number of para-hydroxylation sites is 1. The summed E-state index contributed by atoms with van der Waals surface area (Å²) in [6.07, 6.45) is 0. The van der Waals surface area contributed by atoms with E-state index in [1.165, 1.54) is 12.1 Å². The van der Waals surface area contributed by atoms with Crippen LogP contribution in [0.2, 0.25) is 0 Å². The summed E-state index contributed by atoms with van der Waals surface area (Å²) in [5.41, 5.74) is 3.09. The molecule has 0 spiro atoms. The Morgan fingerprint density at radius 1 is 0.967 bits per heavy atom. The number of morpholine rings is 1. The number of rotatable bonds is 6. The zero-order valence-corrected chi connectivity index (χ0v) is 16.5. The van der Waals surface area contributed by atoms with Crippen LogP contribution in [0.5, 0.6) is 5.75 Å². The molecule has 1 aliphatic rings. The Morgan fingerprint density at radius 2 is 1.67 bits per heavy atom. The largest absolute Gasteiger partial charge is 0.488 e. The van der Waals surface area contributed by atoms with Crippen molar-refractivity contribution < 1.29 is 18.7 Å². The first-order valence-corrected chi connectivity index (χ1v) is 9.89. The Kier molecular flexibility index (Phi) is 6.25. The van der Waals surface area contributed by atoms with E-state index in [0.717, 1.165) is 37.6 Å². The molecular weight excluding hydrogens is 383 g/mol. The number of halogens is 1. The fourth-order valence-corrected chi connectivity index (χ4v) is 3.30. The number of nitrogens with zero attached hydrogens (tertiary/aromatic N) is 1. The molecule has 0 unspecified atom stereocenters. The highest BCUT2D eigenvalue weighted by atomic mass is 19.1. The van der Waals surface area contributed by atoms with Crippen LogP contribution in [0.1, 0.15) is 15.9 Å². The molecule has 0 saturated carbocycles. The van der Waals surface area contributed by atoms with Gasteiger partial charge in [-0.2, -0.15) is 0 Å². The lowest BCUT2D eigenvalue weighted by molar-refractivity contribution is 0.102. The van der Waals surface area contributed by atoms with Crippen molar-refractivity contribution in [3.8, 4) is 5.75 Å². The molecule has 1 heterocycles. The molecule has 3 aromatic rings. The highest BCUT2D eigenvalue weighted by Gasteiger charge is 2.14. The summed E-state index contributed by atoms with van der Waals surface area (Å²) in [7, 11) is 0. The number of nitrogens with one attached hydrogen (secondary N) is 1. The maximum Gasteiger partial charge on any atom is 0.259 e. The van der Waals surface area contributed by atoms with Crippen LogP contribution in [-0.2, 0) is 11.3 Å². The van der Waals surface area contributed by atoms with Crippen molar-refractivity contribution in [3.63, 3.8) is 0 Å². The van der Waals surface area contributed by atoms with E-state index < -0.39 is 0 Å². The fourth-order valence-electron chi connectivity index (χ4n) is 3.30. The monoisotopic (exact) mass is 406 g/mol. The molecule has 1 aliphatic heterocycles. The van der Waals surface area contributed by atoms with Crippen LogP contribution in [-0.4, -0.2) is 32.2 Å². The molecule has 0 bridgehead atoms. The Labute approximate surface area is 175 Å². The third-order valence-electron chi connectivity index (χ3n) is 4.94. The highest BCUT2D eigenvalue weighted by molar-refractivity contribution is 6.06. The molecular formula is C24H23FN2O3. The minimum absolute atomic E-state index is 0.246. The second-order valence-electron chi connectivity index (χ2n) is 7.01. The third-order valence-corrected chi connectivity index (χ3v) is 4.94. The standard InChI is InChI=1S/C24H23FN2O3/c25-19-7-5-18(6-8-19)17-30-23-4-2-1-3-22(23)24(28)26-20-9-11-21(12-10-20)27-13-15-29-16-14-27/h1-12H,13-17H2,(H,26,28). The second kappa shape index (κ2) is 9.41. The van der Waals surface area contributed by atoms with E-state index in [-0.39, 0.29) is 18.3 Å². The van der Waals surface area contributed by atoms with Gasteiger partial charge in [0.25, 0.3) is 5.91 Å². The first-order valence-electron chi connectivity index (χ1n) is 9.89. The van der Waals surface area contributed by atoms with Gasteiger partial charge >= 0.3 is 0 Å². The van der Waals surface area contributed by atoms with E-state index in [2.05, 4.69) is 10.2 Å². The summed E-state index contributed by atoms with van der Waals surface area (Å²) >= 11 is 0. The highest BCUT2D eigenvalue weighted by Crippen LogP contribution is 2.23. The van der Waals surface area contributed by atoms with Crippen molar-refractivity contribution in [2.45, 2.75) is 6.61 Å². The first kappa shape index (κ1) is 19.9. The van der Waals surface area contributed by atoms with E-state index in [0.29, 0.717) is 17.0 Å². The fraction of sp³-hybridized carbons (Fsp3) is 0.208. The molecule has 1 N–H and O–H groups in total. The van der Waals surface area contributed by atoms with Gasteiger partial charge in [0, 0.05) is 24.5 Å². The van der Waals surface area contributed by atoms with Crippen molar-refractivity contribution in [2.75, 3.05) is 36.5 Å². The molecule has 0 aliphatic carbocycles. The zero-order chi connectivity index (χ0) is 20.8. The number of ether oxygens (including phenoxy) is 2. The molecule has 0 radical (unpaired) electrons. The van der Waals surface area contributed by atoms with Crippen molar-refractivity contribution >= 4 is 17.3 Å². The van der Waals surface area contributed by atoms with Crippen molar-refractivity contribution in [1.82, 2.24) is 0 Å². The van der Waals surface area contributed by atoms with Gasteiger partial charge in [0.05, 0.1) is 18.8 Å². The minimum atomic E-state index is -0.293. The smallest absolute Gasteiger partial charge is 0.259 e. The van der Waals surface area contributed by atoms with Gasteiger partial charge in [-0.3, -0.25) is 4.79 Å². The quantitative estimate of drug-likeness (QED) is 0.655. The van der Waals surface area contributed by atoms with E-state index in [1.54, 1.807) is 30.3 Å². The van der Waals surface area contributed by atoms with Crippen LogP contribution < -0.4 is 15.0 Å². The van der Waals surface area contributed by atoms with E-state index in [1.807, 2.05) is 30.3 Å².